The topological polar surface area (TPSA) is 108 Å². The third-order valence-corrected chi connectivity index (χ3v) is 11.4. The summed E-state index contributed by atoms with van der Waals surface area (Å²) in [5, 5.41) is 10.6. The number of carbonyl (C=O) groups excluding carboxylic acids is 3. The number of esters is 3. The van der Waals surface area contributed by atoms with Crippen molar-refractivity contribution in [2.75, 3.05) is 13.7 Å². The van der Waals surface area contributed by atoms with Crippen molar-refractivity contribution in [1.29, 1.82) is 0 Å². The fraction of sp³-hybridized carbons (Fsp3) is 0.897. The zero-order chi connectivity index (χ0) is 26.7. The maximum absolute atomic E-state index is 12.4. The van der Waals surface area contributed by atoms with Crippen LogP contribution in [-0.4, -0.2) is 61.1 Å². The van der Waals surface area contributed by atoms with E-state index in [1.165, 1.54) is 21.0 Å². The van der Waals surface area contributed by atoms with Gasteiger partial charge in [0.05, 0.1) is 25.9 Å². The van der Waals surface area contributed by atoms with Gasteiger partial charge >= 0.3 is 17.9 Å². The molecule has 0 bridgehead atoms. The monoisotopic (exact) mass is 520 g/mol. The number of ether oxygens (including phenoxy) is 4. The molecule has 8 nitrogen and oxygen atoms in total. The minimum atomic E-state index is -0.400. The number of hydrogen-bond donors (Lipinski definition) is 1. The molecule has 5 fully saturated rings. The molecule has 0 aromatic carbocycles. The van der Waals surface area contributed by atoms with E-state index in [0.29, 0.717) is 25.9 Å². The molecule has 0 aromatic rings. The Morgan fingerprint density at radius 1 is 1.03 bits per heavy atom. The minimum Gasteiger partial charge on any atom is -0.469 e. The molecule has 37 heavy (non-hydrogen) atoms. The second-order valence-corrected chi connectivity index (χ2v) is 12.9. The summed E-state index contributed by atoms with van der Waals surface area (Å²) in [7, 11) is 1.42. The van der Waals surface area contributed by atoms with E-state index in [2.05, 4.69) is 13.8 Å². The van der Waals surface area contributed by atoms with Crippen molar-refractivity contribution in [3.63, 3.8) is 0 Å². The Morgan fingerprint density at radius 2 is 1.76 bits per heavy atom. The minimum absolute atomic E-state index is 0.00513. The highest BCUT2D eigenvalue weighted by molar-refractivity contribution is 5.69. The predicted molar refractivity (Wildman–Crippen MR) is 133 cm³/mol. The molecule has 1 N–H and O–H groups in total. The molecule has 1 aliphatic heterocycles. The van der Waals surface area contributed by atoms with Crippen molar-refractivity contribution in [1.82, 2.24) is 0 Å². The lowest BCUT2D eigenvalue weighted by Crippen LogP contribution is -2.72. The van der Waals surface area contributed by atoms with Gasteiger partial charge in [-0.2, -0.15) is 0 Å². The summed E-state index contributed by atoms with van der Waals surface area (Å²) in [5.41, 5.74) is -0.340. The van der Waals surface area contributed by atoms with Crippen LogP contribution >= 0.6 is 0 Å². The van der Waals surface area contributed by atoms with Gasteiger partial charge in [-0.25, -0.2) is 0 Å². The molecular formula is C29H44O8. The molecule has 8 heteroatoms. The summed E-state index contributed by atoms with van der Waals surface area (Å²) in [6.07, 6.45) is 5.05. The molecular weight excluding hydrogens is 476 g/mol. The lowest BCUT2D eigenvalue weighted by atomic mass is 9.41. The first-order valence-electron chi connectivity index (χ1n) is 14.2. The molecule has 4 aliphatic carbocycles. The molecule has 1 spiro atoms. The highest BCUT2D eigenvalue weighted by Gasteiger charge is 2.72. The molecule has 208 valence electrons. The quantitative estimate of drug-likeness (QED) is 0.418. The molecule has 0 radical (unpaired) electrons. The molecule has 1 heterocycles. The maximum Gasteiger partial charge on any atom is 0.305 e. The van der Waals surface area contributed by atoms with E-state index in [9.17, 15) is 19.5 Å². The van der Waals surface area contributed by atoms with Gasteiger partial charge in [0.2, 0.25) is 0 Å². The number of fused-ring (bicyclic) bond motifs is 3. The van der Waals surface area contributed by atoms with Crippen LogP contribution in [0.5, 0.6) is 0 Å². The normalized spacial score (nSPS) is 46.7. The van der Waals surface area contributed by atoms with Gasteiger partial charge in [0, 0.05) is 43.4 Å². The van der Waals surface area contributed by atoms with Crippen LogP contribution in [0.1, 0.15) is 79.1 Å². The summed E-state index contributed by atoms with van der Waals surface area (Å²) in [5.74, 6) is 0.630. The highest BCUT2D eigenvalue weighted by atomic mass is 16.6. The van der Waals surface area contributed by atoms with E-state index in [0.717, 1.165) is 32.1 Å². The second kappa shape index (κ2) is 9.82. The van der Waals surface area contributed by atoms with E-state index in [1.54, 1.807) is 0 Å². The Hall–Kier alpha value is -1.67. The van der Waals surface area contributed by atoms with Gasteiger partial charge in [0.1, 0.15) is 12.2 Å². The average Bonchev–Trinajstić information content (AvgIpc) is 3.17. The van der Waals surface area contributed by atoms with Crippen molar-refractivity contribution in [3.8, 4) is 0 Å². The summed E-state index contributed by atoms with van der Waals surface area (Å²) in [4.78, 5) is 36.6. The van der Waals surface area contributed by atoms with E-state index in [1.807, 2.05) is 0 Å². The van der Waals surface area contributed by atoms with E-state index in [4.69, 9.17) is 18.9 Å². The van der Waals surface area contributed by atoms with Crippen LogP contribution in [-0.2, 0) is 33.3 Å². The number of hydrogen-bond acceptors (Lipinski definition) is 8. The molecule has 12 atom stereocenters. The number of carbonyl (C=O) groups is 3. The summed E-state index contributed by atoms with van der Waals surface area (Å²) < 4.78 is 23.2. The summed E-state index contributed by atoms with van der Waals surface area (Å²) >= 11 is 0. The van der Waals surface area contributed by atoms with Gasteiger partial charge in [-0.15, -0.1) is 0 Å². The van der Waals surface area contributed by atoms with Crippen LogP contribution < -0.4 is 0 Å². The van der Waals surface area contributed by atoms with Crippen LogP contribution in [0.25, 0.3) is 0 Å². The molecule has 0 aromatic heterocycles. The molecule has 5 aliphatic rings. The fourth-order valence-electron chi connectivity index (χ4n) is 9.98. The van der Waals surface area contributed by atoms with Crippen LogP contribution in [0.2, 0.25) is 0 Å². The van der Waals surface area contributed by atoms with Gasteiger partial charge in [0.15, 0.2) is 0 Å². The van der Waals surface area contributed by atoms with Gasteiger partial charge in [-0.05, 0) is 68.1 Å². The number of aliphatic hydroxyl groups excluding tert-OH is 1. The van der Waals surface area contributed by atoms with Crippen LogP contribution in [0.15, 0.2) is 0 Å². The number of rotatable bonds is 6. The van der Waals surface area contributed by atoms with Crippen LogP contribution in [0.4, 0.5) is 0 Å². The molecule has 0 amide bonds. The van der Waals surface area contributed by atoms with Crippen molar-refractivity contribution >= 4 is 17.9 Å². The van der Waals surface area contributed by atoms with Gasteiger partial charge in [-0.1, -0.05) is 13.8 Å². The first-order valence-corrected chi connectivity index (χ1v) is 14.2. The van der Waals surface area contributed by atoms with E-state index >= 15 is 0 Å². The molecule has 0 unspecified atom stereocenters. The fourth-order valence-corrected chi connectivity index (χ4v) is 9.98. The van der Waals surface area contributed by atoms with Crippen molar-refractivity contribution in [2.45, 2.75) is 103 Å². The van der Waals surface area contributed by atoms with Gasteiger partial charge in [0.25, 0.3) is 0 Å². The standard InChI is InChI=1S/C29H44O8/c1-15(6-9-26(33)34-5)20-7-8-21-27-22(13-24(28(20,21)4)37-17(3)31)29-14-35-25(29)12-19(32)10-18(29)11-23(27)36-16(2)30/h15,18-25,27,32H,6-14H2,1-5H3/t15-,18+,19+,20-,21+,22+,23-,24+,25-,27+,28-,29+/m1/s1. The van der Waals surface area contributed by atoms with Crippen LogP contribution in [0.3, 0.4) is 0 Å². The van der Waals surface area contributed by atoms with Crippen molar-refractivity contribution < 1.29 is 38.4 Å². The maximum atomic E-state index is 12.4. The average molecular weight is 521 g/mol. The zero-order valence-corrected chi connectivity index (χ0v) is 22.9. The molecule has 4 saturated carbocycles. The SMILES string of the molecule is COC(=O)CC[C@@H](C)[C@H]1CC[C@H]2[C@@H]3[C@H](OC(C)=O)C[C@@H]4C[C@H](O)C[C@H]5OC[C@@]45[C@H]3C[C@H](OC(C)=O)[C@]12C. The Bertz CT molecular complexity index is 920. The number of aliphatic hydroxyl groups is 1. The molecule has 1 saturated heterocycles. The highest BCUT2D eigenvalue weighted by Crippen LogP contribution is 2.71. The van der Waals surface area contributed by atoms with Crippen LogP contribution in [0, 0.1) is 46.3 Å². The Labute approximate surface area is 220 Å². The third-order valence-electron chi connectivity index (χ3n) is 11.4. The van der Waals surface area contributed by atoms with Crippen molar-refractivity contribution in [3.05, 3.63) is 0 Å². The lowest BCUT2D eigenvalue weighted by Gasteiger charge is -2.69. The van der Waals surface area contributed by atoms with Crippen molar-refractivity contribution in [2.24, 2.45) is 46.3 Å². The first kappa shape index (κ1) is 26.9. The van der Waals surface area contributed by atoms with Gasteiger partial charge in [-0.3, -0.25) is 14.4 Å². The molecule has 5 rings (SSSR count). The first-order chi connectivity index (χ1) is 17.5. The summed E-state index contributed by atoms with van der Waals surface area (Å²) in [6.45, 7) is 8.13. The van der Waals surface area contributed by atoms with Gasteiger partial charge < -0.3 is 24.1 Å². The van der Waals surface area contributed by atoms with E-state index in [-0.39, 0.29) is 82.6 Å². The Balaban J connectivity index is 1.52. The predicted octanol–water partition coefficient (Wildman–Crippen LogP) is 3.67. The smallest absolute Gasteiger partial charge is 0.305 e. The zero-order valence-electron chi connectivity index (χ0n) is 22.9. The Kier molecular flexibility index (Phi) is 7.14. The largest absolute Gasteiger partial charge is 0.469 e. The third kappa shape index (κ3) is 4.21. The Morgan fingerprint density at radius 3 is 2.38 bits per heavy atom. The second-order valence-electron chi connectivity index (χ2n) is 12.9. The summed E-state index contributed by atoms with van der Waals surface area (Å²) in [6, 6.07) is 0. The van der Waals surface area contributed by atoms with E-state index < -0.39 is 6.10 Å². The lowest BCUT2D eigenvalue weighted by molar-refractivity contribution is -0.324. The number of methoxy groups -OCH3 is 1.